The molecule has 9 nitrogen and oxygen atoms in total. The van der Waals surface area contributed by atoms with Gasteiger partial charge >= 0.3 is 5.97 Å². The van der Waals surface area contributed by atoms with E-state index < -0.39 is 21.7 Å². The fourth-order valence-corrected chi connectivity index (χ4v) is 2.46. The highest BCUT2D eigenvalue weighted by Gasteiger charge is 2.13. The van der Waals surface area contributed by atoms with E-state index in [9.17, 15) is 18.0 Å². The third-order valence-electron chi connectivity index (χ3n) is 2.21. The Bertz CT molecular complexity index is 565. The molecular weight excluding hydrogens is 276 g/mol. The Morgan fingerprint density at radius 2 is 2.05 bits per heavy atom. The number of aryl methyl sites for hydroxylation is 1. The molecule has 0 aliphatic rings. The van der Waals surface area contributed by atoms with Gasteiger partial charge in [0.15, 0.2) is 9.84 Å². The van der Waals surface area contributed by atoms with E-state index in [1.165, 1.54) is 10.9 Å². The van der Waals surface area contributed by atoms with Crippen molar-refractivity contribution >= 4 is 21.7 Å². The monoisotopic (exact) mass is 290 g/mol. The van der Waals surface area contributed by atoms with Gasteiger partial charge in [-0.15, -0.1) is 5.10 Å². The fraction of sp³-hybridized carbons (Fsp3) is 0.556. The highest BCUT2D eigenvalue weighted by Crippen LogP contribution is 1.99. The number of nitrogens with two attached hydrogens (primary N) is 1. The van der Waals surface area contributed by atoms with Crippen LogP contribution in [0.25, 0.3) is 0 Å². The lowest BCUT2D eigenvalue weighted by Crippen LogP contribution is -2.21. The lowest BCUT2D eigenvalue weighted by Gasteiger charge is -2.02. The summed E-state index contributed by atoms with van der Waals surface area (Å²) in [6, 6.07) is 0. The van der Waals surface area contributed by atoms with Crippen LogP contribution in [0, 0.1) is 0 Å². The van der Waals surface area contributed by atoms with Crippen LogP contribution >= 0.6 is 0 Å². The van der Waals surface area contributed by atoms with Gasteiger partial charge in [-0.25, -0.2) is 8.42 Å². The predicted molar refractivity (Wildman–Crippen MR) is 63.8 cm³/mol. The number of carbonyl (C=O) groups excluding carboxylic acids is 1. The number of amides is 1. The number of rotatable bonds is 8. The van der Waals surface area contributed by atoms with Crippen LogP contribution in [0.3, 0.4) is 0 Å². The lowest BCUT2D eigenvalue weighted by atomic mass is 10.3. The van der Waals surface area contributed by atoms with Crippen LogP contribution in [0.5, 0.6) is 0 Å². The molecule has 1 aromatic rings. The Kier molecular flexibility index (Phi) is 4.98. The summed E-state index contributed by atoms with van der Waals surface area (Å²) in [4.78, 5) is 20.9. The zero-order valence-corrected chi connectivity index (χ0v) is 10.8. The van der Waals surface area contributed by atoms with Crippen molar-refractivity contribution in [2.45, 2.75) is 19.4 Å². The summed E-state index contributed by atoms with van der Waals surface area (Å²) in [5.41, 5.74) is 5.12. The van der Waals surface area contributed by atoms with Gasteiger partial charge < -0.3 is 10.8 Å². The highest BCUT2D eigenvalue weighted by atomic mass is 32.2. The van der Waals surface area contributed by atoms with Crippen molar-refractivity contribution in [1.29, 1.82) is 0 Å². The molecule has 0 unspecified atom stereocenters. The maximum absolute atomic E-state index is 11.5. The number of carboxylic acids is 1. The third-order valence-corrected chi connectivity index (χ3v) is 3.84. The van der Waals surface area contributed by atoms with Crippen LogP contribution in [-0.2, 0) is 32.4 Å². The van der Waals surface area contributed by atoms with Crippen molar-refractivity contribution in [2.24, 2.45) is 5.73 Å². The van der Waals surface area contributed by atoms with Gasteiger partial charge in [-0.2, -0.15) is 0 Å². The Balaban J connectivity index is 2.49. The molecule has 0 aliphatic carbocycles. The molecule has 0 saturated heterocycles. The normalized spacial score (nSPS) is 11.4. The number of carbonyl (C=O) groups is 2. The van der Waals surface area contributed by atoms with Crippen LogP contribution in [0.2, 0.25) is 0 Å². The first kappa shape index (κ1) is 15.1. The minimum atomic E-state index is -3.39. The van der Waals surface area contributed by atoms with E-state index in [-0.39, 0.29) is 36.6 Å². The molecule has 0 saturated carbocycles. The third kappa shape index (κ3) is 5.95. The smallest absolute Gasteiger partial charge is 0.309 e. The quantitative estimate of drug-likeness (QED) is 0.574. The van der Waals surface area contributed by atoms with E-state index in [2.05, 4.69) is 10.3 Å². The number of hydrogen-bond donors (Lipinski definition) is 2. The summed E-state index contributed by atoms with van der Waals surface area (Å²) in [5.74, 6) is -2.23. The molecule has 0 spiro atoms. The maximum atomic E-state index is 11.5. The average Bonchev–Trinajstić information content (AvgIpc) is 2.71. The number of aromatic nitrogens is 3. The summed E-state index contributed by atoms with van der Waals surface area (Å²) < 4.78 is 24.3. The van der Waals surface area contributed by atoms with E-state index in [1.54, 1.807) is 0 Å². The van der Waals surface area contributed by atoms with E-state index in [0.717, 1.165) is 0 Å². The molecule has 10 heteroatoms. The second-order valence-corrected chi connectivity index (χ2v) is 6.22. The van der Waals surface area contributed by atoms with Gasteiger partial charge in [0, 0.05) is 12.6 Å². The molecule has 1 rings (SSSR count). The van der Waals surface area contributed by atoms with Crippen LogP contribution in [0.4, 0.5) is 0 Å². The summed E-state index contributed by atoms with van der Waals surface area (Å²) in [6.45, 7) is 0.0493. The van der Waals surface area contributed by atoms with Crippen LogP contribution in [0.15, 0.2) is 6.20 Å². The number of aliphatic carboxylic acids is 1. The van der Waals surface area contributed by atoms with Crippen molar-refractivity contribution in [3.8, 4) is 0 Å². The SMILES string of the molecule is NC(=O)CCS(=O)(=O)CCn1cc(CC(=O)O)nn1. The minimum Gasteiger partial charge on any atom is -0.481 e. The molecule has 1 heterocycles. The number of primary amides is 1. The van der Waals surface area contributed by atoms with E-state index >= 15 is 0 Å². The van der Waals surface area contributed by atoms with Gasteiger partial charge in [0.05, 0.1) is 30.2 Å². The minimum absolute atomic E-state index is 0.0493. The van der Waals surface area contributed by atoms with Gasteiger partial charge in [-0.1, -0.05) is 5.21 Å². The summed E-state index contributed by atoms with van der Waals surface area (Å²) in [7, 11) is -3.39. The van der Waals surface area contributed by atoms with E-state index in [1.807, 2.05) is 0 Å². The van der Waals surface area contributed by atoms with Gasteiger partial charge in [-0.3, -0.25) is 14.3 Å². The number of hydrogen-bond acceptors (Lipinski definition) is 6. The van der Waals surface area contributed by atoms with Crippen molar-refractivity contribution in [2.75, 3.05) is 11.5 Å². The van der Waals surface area contributed by atoms with Gasteiger partial charge in [0.25, 0.3) is 0 Å². The van der Waals surface area contributed by atoms with E-state index in [0.29, 0.717) is 0 Å². The number of carboxylic acid groups (broad SMARTS) is 1. The highest BCUT2D eigenvalue weighted by molar-refractivity contribution is 7.91. The zero-order valence-electron chi connectivity index (χ0n) is 10.0. The maximum Gasteiger partial charge on any atom is 0.309 e. The first-order valence-electron chi connectivity index (χ1n) is 5.38. The van der Waals surface area contributed by atoms with Gasteiger partial charge in [0.2, 0.25) is 5.91 Å². The molecule has 19 heavy (non-hydrogen) atoms. The molecule has 0 atom stereocenters. The molecular formula is C9H14N4O5S. The molecule has 0 bridgehead atoms. The van der Waals surface area contributed by atoms with Gasteiger partial charge in [-0.05, 0) is 0 Å². The standard InChI is InChI=1S/C9H14N4O5S/c10-8(14)1-3-19(17,18)4-2-13-6-7(11-12-13)5-9(15)16/h6H,1-5H2,(H2,10,14)(H,15,16). The Labute approximate surface area is 109 Å². The second-order valence-electron chi connectivity index (χ2n) is 3.91. The number of nitrogens with zero attached hydrogens (tertiary/aromatic N) is 3. The second kappa shape index (κ2) is 6.27. The summed E-state index contributed by atoms with van der Waals surface area (Å²) in [6.07, 6.45) is 0.885. The Morgan fingerprint density at radius 3 is 2.63 bits per heavy atom. The molecule has 0 radical (unpaired) electrons. The number of sulfone groups is 1. The lowest BCUT2D eigenvalue weighted by molar-refractivity contribution is -0.136. The van der Waals surface area contributed by atoms with Crippen LogP contribution < -0.4 is 5.73 Å². The molecule has 0 fully saturated rings. The van der Waals surface area contributed by atoms with E-state index in [4.69, 9.17) is 10.8 Å². The molecule has 3 N–H and O–H groups in total. The largest absolute Gasteiger partial charge is 0.481 e. The topological polar surface area (TPSA) is 145 Å². The van der Waals surface area contributed by atoms with Crippen molar-refractivity contribution in [1.82, 2.24) is 15.0 Å². The molecule has 1 amide bonds. The molecule has 106 valence electrons. The predicted octanol–water partition coefficient (Wildman–Crippen LogP) is -1.80. The Morgan fingerprint density at radius 1 is 1.37 bits per heavy atom. The van der Waals surface area contributed by atoms with Crippen molar-refractivity contribution in [3.05, 3.63) is 11.9 Å². The molecule has 1 aromatic heterocycles. The Hall–Kier alpha value is -1.97. The van der Waals surface area contributed by atoms with Crippen molar-refractivity contribution < 1.29 is 23.1 Å². The first-order chi connectivity index (χ1) is 8.78. The van der Waals surface area contributed by atoms with Crippen molar-refractivity contribution in [3.63, 3.8) is 0 Å². The summed E-state index contributed by atoms with van der Waals surface area (Å²) >= 11 is 0. The first-order valence-corrected chi connectivity index (χ1v) is 7.20. The zero-order chi connectivity index (χ0) is 14.5. The van der Waals surface area contributed by atoms with Crippen LogP contribution in [-0.4, -0.2) is 51.9 Å². The molecule has 0 aliphatic heterocycles. The fourth-order valence-electron chi connectivity index (χ4n) is 1.27. The summed E-state index contributed by atoms with van der Waals surface area (Å²) in [5, 5.41) is 15.7. The average molecular weight is 290 g/mol. The van der Waals surface area contributed by atoms with Gasteiger partial charge in [0.1, 0.15) is 0 Å². The molecule has 0 aromatic carbocycles. The van der Waals surface area contributed by atoms with Crippen LogP contribution in [0.1, 0.15) is 12.1 Å².